The lowest BCUT2D eigenvalue weighted by Crippen LogP contribution is -2.48. The molecule has 1 aromatic carbocycles. The van der Waals surface area contributed by atoms with Crippen molar-refractivity contribution in [2.24, 2.45) is 5.41 Å². The van der Waals surface area contributed by atoms with Gasteiger partial charge in [-0.2, -0.15) is 0 Å². The number of carbonyl (C=O) groups is 2. The van der Waals surface area contributed by atoms with Gasteiger partial charge in [-0.3, -0.25) is 9.59 Å². The van der Waals surface area contributed by atoms with E-state index in [9.17, 15) is 14.7 Å². The average Bonchev–Trinajstić information content (AvgIpc) is 2.60. The van der Waals surface area contributed by atoms with Crippen molar-refractivity contribution in [1.82, 2.24) is 10.2 Å². The summed E-state index contributed by atoms with van der Waals surface area (Å²) in [5, 5.41) is 13.1. The molecular formula is C20H30N2O3. The third-order valence-electron chi connectivity index (χ3n) is 5.26. The Morgan fingerprint density at radius 1 is 1.28 bits per heavy atom. The van der Waals surface area contributed by atoms with E-state index in [1.165, 1.54) is 6.92 Å². The lowest BCUT2D eigenvalue weighted by atomic mass is 9.73. The first-order valence-corrected chi connectivity index (χ1v) is 9.15. The zero-order chi connectivity index (χ0) is 18.3. The number of hydrogen-bond donors (Lipinski definition) is 2. The highest BCUT2D eigenvalue weighted by atomic mass is 16.3. The molecule has 2 rings (SSSR count). The Bertz CT molecular complexity index is 576. The maximum atomic E-state index is 12.3. The Balaban J connectivity index is 1.82. The Labute approximate surface area is 150 Å². The van der Waals surface area contributed by atoms with Crippen LogP contribution in [0.25, 0.3) is 0 Å². The van der Waals surface area contributed by atoms with Crippen molar-refractivity contribution in [1.29, 1.82) is 0 Å². The summed E-state index contributed by atoms with van der Waals surface area (Å²) in [6.45, 7) is 4.55. The molecular weight excluding hydrogens is 316 g/mol. The van der Waals surface area contributed by atoms with E-state index in [2.05, 4.69) is 5.32 Å². The second-order valence-corrected chi connectivity index (χ2v) is 7.37. The van der Waals surface area contributed by atoms with E-state index in [4.69, 9.17) is 0 Å². The fraction of sp³-hybridized carbons (Fsp3) is 0.600. The Kier molecular flexibility index (Phi) is 7.00. The van der Waals surface area contributed by atoms with Crippen molar-refractivity contribution in [2.45, 2.75) is 52.1 Å². The maximum Gasteiger partial charge on any atom is 0.239 e. The molecule has 2 amide bonds. The number of aliphatic hydroxyl groups is 1. The molecule has 0 radical (unpaired) electrons. The van der Waals surface area contributed by atoms with Crippen molar-refractivity contribution in [3.8, 4) is 0 Å². The van der Waals surface area contributed by atoms with E-state index in [1.807, 2.05) is 37.3 Å². The summed E-state index contributed by atoms with van der Waals surface area (Å²) in [6, 6.07) is 9.93. The minimum absolute atomic E-state index is 0.0638. The van der Waals surface area contributed by atoms with Crippen LogP contribution in [0.15, 0.2) is 30.3 Å². The number of carbonyl (C=O) groups excluding carboxylic acids is 2. The minimum Gasteiger partial charge on any atom is -0.392 e. The highest BCUT2D eigenvalue weighted by Crippen LogP contribution is 2.35. The maximum absolute atomic E-state index is 12.3. The molecule has 0 heterocycles. The summed E-state index contributed by atoms with van der Waals surface area (Å²) in [4.78, 5) is 25.7. The number of nitrogens with zero attached hydrogens (tertiary/aromatic N) is 1. The molecule has 0 aliphatic heterocycles. The first kappa shape index (κ1) is 19.4. The van der Waals surface area contributed by atoms with E-state index in [0.29, 0.717) is 13.1 Å². The predicted molar refractivity (Wildman–Crippen MR) is 98.0 cm³/mol. The van der Waals surface area contributed by atoms with Crippen LogP contribution in [0.4, 0.5) is 0 Å². The molecule has 0 saturated heterocycles. The second-order valence-electron chi connectivity index (χ2n) is 7.37. The van der Waals surface area contributed by atoms with Gasteiger partial charge < -0.3 is 15.3 Å². The second kappa shape index (κ2) is 8.99. The molecule has 25 heavy (non-hydrogen) atoms. The van der Waals surface area contributed by atoms with Crippen molar-refractivity contribution in [2.75, 3.05) is 19.6 Å². The van der Waals surface area contributed by atoms with Crippen LogP contribution in [-0.4, -0.2) is 47.6 Å². The van der Waals surface area contributed by atoms with Crippen LogP contribution in [0.2, 0.25) is 0 Å². The molecule has 2 unspecified atom stereocenters. The van der Waals surface area contributed by atoms with E-state index >= 15 is 0 Å². The normalized spacial score (nSPS) is 23.1. The molecule has 1 saturated carbocycles. The summed E-state index contributed by atoms with van der Waals surface area (Å²) in [5.74, 6) is -0.266. The minimum atomic E-state index is -0.372. The number of benzene rings is 1. The fourth-order valence-electron chi connectivity index (χ4n) is 3.37. The third-order valence-corrected chi connectivity index (χ3v) is 5.26. The third kappa shape index (κ3) is 5.85. The SMILES string of the molecule is CC(=O)N(CCc1ccccc1)CC(=O)NCC1(C)CCCCC1O. The van der Waals surface area contributed by atoms with Gasteiger partial charge in [0.2, 0.25) is 11.8 Å². The molecule has 1 aliphatic rings. The summed E-state index contributed by atoms with van der Waals surface area (Å²) in [6.07, 6.45) is 4.19. The number of amides is 2. The van der Waals surface area contributed by atoms with Gasteiger partial charge in [0.25, 0.3) is 0 Å². The summed E-state index contributed by atoms with van der Waals surface area (Å²) in [5.41, 5.74) is 0.880. The van der Waals surface area contributed by atoms with Gasteiger partial charge in [0.05, 0.1) is 12.6 Å². The first-order valence-electron chi connectivity index (χ1n) is 9.15. The summed E-state index contributed by atoms with van der Waals surface area (Å²) >= 11 is 0. The number of hydrogen-bond acceptors (Lipinski definition) is 3. The van der Waals surface area contributed by atoms with Gasteiger partial charge >= 0.3 is 0 Å². The molecule has 0 aromatic heterocycles. The van der Waals surface area contributed by atoms with Gasteiger partial charge in [-0.15, -0.1) is 0 Å². The monoisotopic (exact) mass is 346 g/mol. The predicted octanol–water partition coefficient (Wildman–Crippen LogP) is 2.14. The summed E-state index contributed by atoms with van der Waals surface area (Å²) in [7, 11) is 0. The van der Waals surface area contributed by atoms with Gasteiger partial charge in [0.1, 0.15) is 0 Å². The molecule has 0 spiro atoms. The van der Waals surface area contributed by atoms with Gasteiger partial charge in [0, 0.05) is 25.4 Å². The molecule has 1 fully saturated rings. The van der Waals surface area contributed by atoms with Crippen LogP contribution in [0.3, 0.4) is 0 Å². The Morgan fingerprint density at radius 3 is 2.64 bits per heavy atom. The topological polar surface area (TPSA) is 69.6 Å². The Morgan fingerprint density at radius 2 is 2.00 bits per heavy atom. The van der Waals surface area contributed by atoms with Gasteiger partial charge in [-0.1, -0.05) is 50.1 Å². The lowest BCUT2D eigenvalue weighted by Gasteiger charge is -2.38. The molecule has 5 heteroatoms. The van der Waals surface area contributed by atoms with E-state index < -0.39 is 0 Å². The van der Waals surface area contributed by atoms with Gasteiger partial charge in [-0.05, 0) is 24.8 Å². The molecule has 0 bridgehead atoms. The highest BCUT2D eigenvalue weighted by Gasteiger charge is 2.35. The molecule has 2 atom stereocenters. The molecule has 2 N–H and O–H groups in total. The first-order chi connectivity index (χ1) is 11.9. The van der Waals surface area contributed by atoms with E-state index in [-0.39, 0.29) is 29.9 Å². The zero-order valence-electron chi connectivity index (χ0n) is 15.3. The van der Waals surface area contributed by atoms with Crippen molar-refractivity contribution in [3.63, 3.8) is 0 Å². The Hall–Kier alpha value is -1.88. The number of aliphatic hydroxyl groups excluding tert-OH is 1. The van der Waals surface area contributed by atoms with Crippen LogP contribution in [-0.2, 0) is 16.0 Å². The van der Waals surface area contributed by atoms with Crippen LogP contribution in [0.1, 0.15) is 45.1 Å². The molecule has 1 aliphatic carbocycles. The molecule has 138 valence electrons. The van der Waals surface area contributed by atoms with Crippen molar-refractivity contribution >= 4 is 11.8 Å². The van der Waals surface area contributed by atoms with Gasteiger partial charge in [-0.25, -0.2) is 0 Å². The van der Waals surface area contributed by atoms with Crippen molar-refractivity contribution in [3.05, 3.63) is 35.9 Å². The quantitative estimate of drug-likeness (QED) is 0.795. The van der Waals surface area contributed by atoms with E-state index in [1.54, 1.807) is 4.90 Å². The van der Waals surface area contributed by atoms with Crippen LogP contribution >= 0.6 is 0 Å². The zero-order valence-corrected chi connectivity index (χ0v) is 15.3. The highest BCUT2D eigenvalue weighted by molar-refractivity contribution is 5.83. The van der Waals surface area contributed by atoms with Crippen LogP contribution < -0.4 is 5.32 Å². The molecule has 5 nitrogen and oxygen atoms in total. The number of nitrogens with one attached hydrogen (secondary N) is 1. The van der Waals surface area contributed by atoms with Crippen LogP contribution in [0.5, 0.6) is 0 Å². The van der Waals surface area contributed by atoms with Gasteiger partial charge in [0.15, 0.2) is 0 Å². The average molecular weight is 346 g/mol. The summed E-state index contributed by atoms with van der Waals surface area (Å²) < 4.78 is 0. The largest absolute Gasteiger partial charge is 0.392 e. The lowest BCUT2D eigenvalue weighted by molar-refractivity contribution is -0.134. The van der Waals surface area contributed by atoms with E-state index in [0.717, 1.165) is 37.7 Å². The molecule has 1 aromatic rings. The van der Waals surface area contributed by atoms with Crippen LogP contribution in [0, 0.1) is 5.41 Å². The standard InChI is InChI=1S/C20H30N2O3/c1-16(23)22(13-11-17-8-4-3-5-9-17)14-19(25)21-15-20(2)12-7-6-10-18(20)24/h3-5,8-9,18,24H,6-7,10-15H2,1-2H3,(H,21,25). The fourth-order valence-corrected chi connectivity index (χ4v) is 3.37. The van der Waals surface area contributed by atoms with Crippen molar-refractivity contribution < 1.29 is 14.7 Å². The number of rotatable bonds is 7. The smallest absolute Gasteiger partial charge is 0.239 e.